The van der Waals surface area contributed by atoms with Crippen molar-refractivity contribution in [2.24, 2.45) is 0 Å². The minimum Gasteiger partial charge on any atom is -0.464 e. The van der Waals surface area contributed by atoms with Gasteiger partial charge in [-0.25, -0.2) is 9.78 Å². The number of esters is 1. The van der Waals surface area contributed by atoms with Crippen LogP contribution in [0.4, 0.5) is 10.8 Å². The molecular weight excluding hydrogens is 352 g/mol. The van der Waals surface area contributed by atoms with Crippen LogP contribution in [0, 0.1) is 6.92 Å². The molecule has 0 aliphatic rings. The molecule has 1 heterocycles. The van der Waals surface area contributed by atoms with E-state index < -0.39 is 5.97 Å². The van der Waals surface area contributed by atoms with Crippen LogP contribution in [-0.2, 0) is 4.74 Å². The van der Waals surface area contributed by atoms with Gasteiger partial charge in [0.05, 0.1) is 22.3 Å². The molecule has 0 aliphatic heterocycles. The summed E-state index contributed by atoms with van der Waals surface area (Å²) >= 11 is 10.8. The molecule has 0 aliphatic carbocycles. The maximum Gasteiger partial charge on any atom is 0.357 e. The Labute approximate surface area is 127 Å². The van der Waals surface area contributed by atoms with Crippen LogP contribution in [0.15, 0.2) is 22.7 Å². The molecule has 2 rings (SSSR count). The molecule has 1 aromatic carbocycles. The average Bonchev–Trinajstić information content (AvgIpc) is 2.75. The Kier molecular flexibility index (Phi) is 4.44. The Morgan fingerprint density at radius 1 is 1.53 bits per heavy atom. The SMILES string of the molecule is COC(=O)c1nc(Nc2cccc(Cl)c2Br)sc1C. The zero-order chi connectivity index (χ0) is 14.0. The predicted molar refractivity (Wildman–Crippen MR) is 80.6 cm³/mol. The zero-order valence-electron chi connectivity index (χ0n) is 10.2. The minimum atomic E-state index is -0.438. The second-order valence-electron chi connectivity index (χ2n) is 3.64. The molecule has 0 fully saturated rings. The summed E-state index contributed by atoms with van der Waals surface area (Å²) in [6.45, 7) is 1.82. The van der Waals surface area contributed by atoms with Gasteiger partial charge in [-0.2, -0.15) is 0 Å². The largest absolute Gasteiger partial charge is 0.464 e. The molecule has 2 aromatic rings. The van der Waals surface area contributed by atoms with Crippen LogP contribution in [0.3, 0.4) is 0 Å². The third kappa shape index (κ3) is 3.08. The number of nitrogens with zero attached hydrogens (tertiary/aromatic N) is 1. The first-order chi connectivity index (χ1) is 9.02. The van der Waals surface area contributed by atoms with Crippen LogP contribution in [0.25, 0.3) is 0 Å². The van der Waals surface area contributed by atoms with E-state index in [4.69, 9.17) is 11.6 Å². The normalized spacial score (nSPS) is 10.3. The van der Waals surface area contributed by atoms with Crippen molar-refractivity contribution in [3.8, 4) is 0 Å². The fourth-order valence-electron chi connectivity index (χ4n) is 1.45. The highest BCUT2D eigenvalue weighted by molar-refractivity contribution is 9.10. The number of aromatic nitrogens is 1. The zero-order valence-corrected chi connectivity index (χ0v) is 13.3. The lowest BCUT2D eigenvalue weighted by Crippen LogP contribution is -2.03. The van der Waals surface area contributed by atoms with Crippen LogP contribution >= 0.6 is 38.9 Å². The number of hydrogen-bond donors (Lipinski definition) is 1. The number of carbonyl (C=O) groups is 1. The van der Waals surface area contributed by atoms with E-state index in [0.717, 1.165) is 15.0 Å². The summed E-state index contributed by atoms with van der Waals surface area (Å²) in [5.41, 5.74) is 1.12. The number of hydrogen-bond acceptors (Lipinski definition) is 5. The molecular formula is C12H10BrClN2O2S. The van der Waals surface area contributed by atoms with Crippen LogP contribution in [0.5, 0.6) is 0 Å². The van der Waals surface area contributed by atoms with Gasteiger partial charge in [-0.15, -0.1) is 11.3 Å². The first-order valence-corrected chi connectivity index (χ1v) is 7.28. The molecule has 0 radical (unpaired) electrons. The lowest BCUT2D eigenvalue weighted by Gasteiger charge is -2.06. The summed E-state index contributed by atoms with van der Waals surface area (Å²) in [5.74, 6) is -0.438. The number of anilines is 2. The molecule has 0 bridgehead atoms. The summed E-state index contributed by atoms with van der Waals surface area (Å²) in [7, 11) is 1.34. The van der Waals surface area contributed by atoms with Gasteiger partial charge >= 0.3 is 5.97 Å². The Morgan fingerprint density at radius 2 is 2.26 bits per heavy atom. The predicted octanol–water partition coefficient (Wildman–Crippen LogP) is 4.40. The molecule has 1 aromatic heterocycles. The number of ether oxygens (including phenoxy) is 1. The van der Waals surface area contributed by atoms with Gasteiger partial charge in [-0.3, -0.25) is 0 Å². The molecule has 0 saturated heterocycles. The second-order valence-corrected chi connectivity index (χ2v) is 6.05. The first kappa shape index (κ1) is 14.3. The molecule has 0 atom stereocenters. The Balaban J connectivity index is 2.29. The fraction of sp³-hybridized carbons (Fsp3) is 0.167. The molecule has 7 heteroatoms. The van der Waals surface area contributed by atoms with E-state index in [1.807, 2.05) is 19.1 Å². The number of halogens is 2. The van der Waals surface area contributed by atoms with Crippen molar-refractivity contribution in [1.29, 1.82) is 0 Å². The van der Waals surface area contributed by atoms with Crippen LogP contribution < -0.4 is 5.32 Å². The Bertz CT molecular complexity index is 630. The summed E-state index contributed by atoms with van der Waals surface area (Å²) in [6, 6.07) is 5.48. The minimum absolute atomic E-state index is 0.327. The monoisotopic (exact) mass is 360 g/mol. The van der Waals surface area contributed by atoms with Crippen molar-refractivity contribution in [3.63, 3.8) is 0 Å². The van der Waals surface area contributed by atoms with Gasteiger partial charge in [0.15, 0.2) is 10.8 Å². The highest BCUT2D eigenvalue weighted by atomic mass is 79.9. The average molecular weight is 362 g/mol. The van der Waals surface area contributed by atoms with Crippen LogP contribution in [0.2, 0.25) is 5.02 Å². The van der Waals surface area contributed by atoms with Gasteiger partial charge in [0, 0.05) is 4.88 Å². The van der Waals surface area contributed by atoms with Gasteiger partial charge < -0.3 is 10.1 Å². The summed E-state index contributed by atoms with van der Waals surface area (Å²) in [4.78, 5) is 16.5. The van der Waals surface area contributed by atoms with Crippen molar-refractivity contribution in [3.05, 3.63) is 38.3 Å². The third-order valence-electron chi connectivity index (χ3n) is 2.37. The van der Waals surface area contributed by atoms with Gasteiger partial charge in [0.25, 0.3) is 0 Å². The van der Waals surface area contributed by atoms with Crippen molar-refractivity contribution < 1.29 is 9.53 Å². The maximum atomic E-state index is 11.5. The van der Waals surface area contributed by atoms with E-state index in [1.165, 1.54) is 18.4 Å². The molecule has 1 N–H and O–H groups in total. The molecule has 0 unspecified atom stereocenters. The lowest BCUT2D eigenvalue weighted by molar-refractivity contribution is 0.0594. The smallest absolute Gasteiger partial charge is 0.357 e. The Hall–Kier alpha value is -1.11. The number of methoxy groups -OCH3 is 1. The molecule has 4 nitrogen and oxygen atoms in total. The van der Waals surface area contributed by atoms with E-state index in [1.54, 1.807) is 6.07 Å². The summed E-state index contributed by atoms with van der Waals surface area (Å²) in [6.07, 6.45) is 0. The van der Waals surface area contributed by atoms with Gasteiger partial charge in [-0.1, -0.05) is 17.7 Å². The molecule has 100 valence electrons. The van der Waals surface area contributed by atoms with E-state index in [0.29, 0.717) is 15.8 Å². The van der Waals surface area contributed by atoms with Gasteiger partial charge in [0.1, 0.15) is 0 Å². The standard InChI is InChI=1S/C12H10BrClN2O2S/c1-6-10(11(17)18-2)16-12(19-6)15-8-5-3-4-7(14)9(8)13/h3-5H,1-2H3,(H,15,16). The van der Waals surface area contributed by atoms with E-state index in [2.05, 4.69) is 31.0 Å². The maximum absolute atomic E-state index is 11.5. The lowest BCUT2D eigenvalue weighted by atomic mass is 10.3. The summed E-state index contributed by atoms with van der Waals surface area (Å²) in [5, 5.41) is 4.34. The number of nitrogens with one attached hydrogen (secondary N) is 1. The number of thiazole rings is 1. The fourth-order valence-corrected chi connectivity index (χ4v) is 2.80. The highest BCUT2D eigenvalue weighted by Gasteiger charge is 2.16. The van der Waals surface area contributed by atoms with Crippen molar-refractivity contribution in [2.45, 2.75) is 6.92 Å². The van der Waals surface area contributed by atoms with E-state index in [9.17, 15) is 4.79 Å². The number of rotatable bonds is 3. The molecule has 19 heavy (non-hydrogen) atoms. The topological polar surface area (TPSA) is 51.2 Å². The number of aryl methyl sites for hydroxylation is 1. The Morgan fingerprint density at radius 3 is 2.95 bits per heavy atom. The number of benzene rings is 1. The molecule has 0 amide bonds. The van der Waals surface area contributed by atoms with Crippen molar-refractivity contribution >= 4 is 55.7 Å². The number of carbonyl (C=O) groups excluding carboxylic acids is 1. The van der Waals surface area contributed by atoms with Crippen LogP contribution in [0.1, 0.15) is 15.4 Å². The van der Waals surface area contributed by atoms with Crippen molar-refractivity contribution in [1.82, 2.24) is 4.98 Å². The van der Waals surface area contributed by atoms with Crippen LogP contribution in [-0.4, -0.2) is 18.1 Å². The van der Waals surface area contributed by atoms with E-state index in [-0.39, 0.29) is 0 Å². The van der Waals surface area contributed by atoms with E-state index >= 15 is 0 Å². The highest BCUT2D eigenvalue weighted by Crippen LogP contribution is 2.33. The van der Waals surface area contributed by atoms with Gasteiger partial charge in [-0.05, 0) is 35.0 Å². The van der Waals surface area contributed by atoms with Gasteiger partial charge in [0.2, 0.25) is 0 Å². The summed E-state index contributed by atoms with van der Waals surface area (Å²) < 4.78 is 5.42. The second kappa shape index (κ2) is 5.90. The quantitative estimate of drug-likeness (QED) is 0.823. The first-order valence-electron chi connectivity index (χ1n) is 5.29. The molecule has 0 saturated carbocycles. The third-order valence-corrected chi connectivity index (χ3v) is 4.65. The van der Waals surface area contributed by atoms with Crippen molar-refractivity contribution in [2.75, 3.05) is 12.4 Å². The molecule has 0 spiro atoms.